The number of fused-ring (bicyclic) bond motifs is 1. The fourth-order valence-electron chi connectivity index (χ4n) is 2.90. The molecule has 1 atom stereocenters. The van der Waals surface area contributed by atoms with E-state index in [1.165, 1.54) is 16.7 Å². The first-order chi connectivity index (χ1) is 10.8. The van der Waals surface area contributed by atoms with E-state index in [9.17, 15) is 13.2 Å². The highest BCUT2D eigenvalue weighted by molar-refractivity contribution is 7.89. The van der Waals surface area contributed by atoms with E-state index in [2.05, 4.69) is 17.0 Å². The third-order valence-electron chi connectivity index (χ3n) is 4.45. The van der Waals surface area contributed by atoms with Crippen molar-refractivity contribution < 1.29 is 12.8 Å². The van der Waals surface area contributed by atoms with Crippen molar-refractivity contribution in [2.45, 2.75) is 24.7 Å². The van der Waals surface area contributed by atoms with E-state index in [0.717, 1.165) is 25.9 Å². The Hall–Kier alpha value is -1.35. The van der Waals surface area contributed by atoms with E-state index >= 15 is 0 Å². The van der Waals surface area contributed by atoms with Gasteiger partial charge in [-0.3, -0.25) is 4.57 Å². The summed E-state index contributed by atoms with van der Waals surface area (Å²) in [7, 11) is -2.06. The predicted molar refractivity (Wildman–Crippen MR) is 94.1 cm³/mol. The Morgan fingerprint density at radius 1 is 1.42 bits per heavy atom. The maximum atomic E-state index is 12.5. The Labute approximate surface area is 146 Å². The van der Waals surface area contributed by atoms with E-state index in [-0.39, 0.29) is 28.3 Å². The molecule has 9 heteroatoms. The van der Waals surface area contributed by atoms with Crippen LogP contribution >= 0.6 is 12.4 Å². The average molecular weight is 376 g/mol. The zero-order valence-electron chi connectivity index (χ0n) is 13.7. The normalized spacial score (nSPS) is 21.6. The minimum atomic E-state index is -3.64. The molecule has 1 aliphatic heterocycles. The summed E-state index contributed by atoms with van der Waals surface area (Å²) >= 11 is 0. The number of aryl methyl sites for hydroxylation is 1. The molecule has 1 fully saturated rings. The summed E-state index contributed by atoms with van der Waals surface area (Å²) in [5.41, 5.74) is 0.748. The number of sulfonamides is 1. The van der Waals surface area contributed by atoms with Gasteiger partial charge in [0, 0.05) is 26.2 Å². The van der Waals surface area contributed by atoms with Crippen LogP contribution in [0, 0.1) is 5.41 Å². The van der Waals surface area contributed by atoms with Crippen LogP contribution in [-0.2, 0) is 17.1 Å². The smallest absolute Gasteiger partial charge is 0.408 e. The molecule has 2 aromatic rings. The predicted octanol–water partition coefficient (Wildman–Crippen LogP) is 1.22. The lowest BCUT2D eigenvalue weighted by Crippen LogP contribution is -2.45. The summed E-state index contributed by atoms with van der Waals surface area (Å²) < 4.78 is 34.1. The summed E-state index contributed by atoms with van der Waals surface area (Å²) in [5.74, 6) is -0.511. The number of rotatable bonds is 4. The number of hydrogen-bond donors (Lipinski definition) is 2. The standard InChI is InChI=1S/C15H21N3O4S.ClH/c1-15(6-3-7-16-9-15)10-17-23(20,21)11-4-5-12-13(8-11)22-14(19)18(12)2;/h4-5,8,16-17H,3,6-7,9-10H2,1-2H3;1H. The summed E-state index contributed by atoms with van der Waals surface area (Å²) in [5, 5.41) is 3.30. The number of aromatic nitrogens is 1. The average Bonchev–Trinajstić information content (AvgIpc) is 2.81. The topological polar surface area (TPSA) is 93.3 Å². The Morgan fingerprint density at radius 2 is 2.17 bits per heavy atom. The second-order valence-electron chi connectivity index (χ2n) is 6.47. The summed E-state index contributed by atoms with van der Waals surface area (Å²) in [6.45, 7) is 4.22. The highest BCUT2D eigenvalue weighted by Gasteiger charge is 2.29. The molecule has 7 nitrogen and oxygen atoms in total. The first-order valence-electron chi connectivity index (χ1n) is 7.61. The molecule has 0 radical (unpaired) electrons. The lowest BCUT2D eigenvalue weighted by Gasteiger charge is -2.34. The minimum absolute atomic E-state index is 0. The van der Waals surface area contributed by atoms with E-state index in [0.29, 0.717) is 12.1 Å². The van der Waals surface area contributed by atoms with Gasteiger partial charge >= 0.3 is 5.76 Å². The van der Waals surface area contributed by atoms with Crippen molar-refractivity contribution in [2.75, 3.05) is 19.6 Å². The van der Waals surface area contributed by atoms with Gasteiger partial charge in [0.15, 0.2) is 5.58 Å². The van der Waals surface area contributed by atoms with Crippen LogP contribution in [0.3, 0.4) is 0 Å². The van der Waals surface area contributed by atoms with Crippen molar-refractivity contribution in [3.05, 3.63) is 28.7 Å². The summed E-state index contributed by atoms with van der Waals surface area (Å²) in [4.78, 5) is 11.6. The lowest BCUT2D eigenvalue weighted by atomic mass is 9.83. The van der Waals surface area contributed by atoms with Crippen LogP contribution in [0.5, 0.6) is 0 Å². The van der Waals surface area contributed by atoms with Gasteiger partial charge in [-0.1, -0.05) is 6.92 Å². The minimum Gasteiger partial charge on any atom is -0.408 e. The third kappa shape index (κ3) is 3.66. The molecule has 0 saturated carbocycles. The van der Waals surface area contributed by atoms with Crippen LogP contribution in [0.1, 0.15) is 19.8 Å². The molecule has 1 aliphatic rings. The molecule has 0 spiro atoms. The molecule has 134 valence electrons. The van der Waals surface area contributed by atoms with Gasteiger partial charge in [-0.05, 0) is 36.9 Å². The van der Waals surface area contributed by atoms with Crippen molar-refractivity contribution in [1.29, 1.82) is 0 Å². The monoisotopic (exact) mass is 375 g/mol. The zero-order chi connectivity index (χ0) is 16.7. The molecule has 1 aromatic heterocycles. The van der Waals surface area contributed by atoms with Crippen molar-refractivity contribution in [3.8, 4) is 0 Å². The fourth-order valence-corrected chi connectivity index (χ4v) is 4.12. The van der Waals surface area contributed by atoms with Gasteiger partial charge in [-0.2, -0.15) is 0 Å². The second kappa shape index (κ2) is 6.87. The van der Waals surface area contributed by atoms with Gasteiger partial charge in [0.2, 0.25) is 10.0 Å². The summed E-state index contributed by atoms with van der Waals surface area (Å²) in [6, 6.07) is 4.46. The molecule has 2 N–H and O–H groups in total. The molecule has 1 unspecified atom stereocenters. The maximum Gasteiger partial charge on any atom is 0.419 e. The number of piperidine rings is 1. The van der Waals surface area contributed by atoms with Crippen molar-refractivity contribution in [1.82, 2.24) is 14.6 Å². The van der Waals surface area contributed by atoms with Crippen LogP contribution in [0.2, 0.25) is 0 Å². The maximum absolute atomic E-state index is 12.5. The Bertz CT molecular complexity index is 882. The van der Waals surface area contributed by atoms with Crippen LogP contribution in [-0.4, -0.2) is 32.6 Å². The van der Waals surface area contributed by atoms with Crippen LogP contribution in [0.25, 0.3) is 11.1 Å². The summed E-state index contributed by atoms with van der Waals surface area (Å²) in [6.07, 6.45) is 2.02. The number of oxazole rings is 1. The van der Waals surface area contributed by atoms with Crippen LogP contribution in [0.4, 0.5) is 0 Å². The molecule has 2 heterocycles. The molecule has 1 aromatic carbocycles. The zero-order valence-corrected chi connectivity index (χ0v) is 15.3. The largest absolute Gasteiger partial charge is 0.419 e. The molecule has 3 rings (SSSR count). The van der Waals surface area contributed by atoms with Crippen LogP contribution < -0.4 is 15.8 Å². The molecular formula is C15H22ClN3O4S. The fraction of sp³-hybridized carbons (Fsp3) is 0.533. The van der Waals surface area contributed by atoms with E-state index < -0.39 is 15.8 Å². The van der Waals surface area contributed by atoms with Gasteiger partial charge in [0.25, 0.3) is 0 Å². The molecule has 0 aliphatic carbocycles. The number of hydrogen-bond acceptors (Lipinski definition) is 5. The molecular weight excluding hydrogens is 354 g/mol. The second-order valence-corrected chi connectivity index (χ2v) is 8.24. The van der Waals surface area contributed by atoms with E-state index in [1.807, 2.05) is 0 Å². The van der Waals surface area contributed by atoms with E-state index in [4.69, 9.17) is 4.42 Å². The first kappa shape index (κ1) is 19.0. The highest BCUT2D eigenvalue weighted by atomic mass is 35.5. The molecule has 0 bridgehead atoms. The Kier molecular flexibility index (Phi) is 5.44. The highest BCUT2D eigenvalue weighted by Crippen LogP contribution is 2.25. The number of nitrogens with one attached hydrogen (secondary N) is 2. The van der Waals surface area contributed by atoms with E-state index in [1.54, 1.807) is 13.1 Å². The third-order valence-corrected chi connectivity index (χ3v) is 5.85. The van der Waals surface area contributed by atoms with Crippen molar-refractivity contribution in [2.24, 2.45) is 12.5 Å². The quantitative estimate of drug-likeness (QED) is 0.838. The van der Waals surface area contributed by atoms with Gasteiger partial charge in [-0.25, -0.2) is 17.9 Å². The molecule has 0 amide bonds. The van der Waals surface area contributed by atoms with Crippen molar-refractivity contribution in [3.63, 3.8) is 0 Å². The Morgan fingerprint density at radius 3 is 2.83 bits per heavy atom. The molecule has 24 heavy (non-hydrogen) atoms. The number of nitrogens with zero attached hydrogens (tertiary/aromatic N) is 1. The van der Waals surface area contributed by atoms with Crippen LogP contribution in [0.15, 0.2) is 32.3 Å². The first-order valence-corrected chi connectivity index (χ1v) is 9.09. The SMILES string of the molecule is Cl.Cn1c(=O)oc2cc(S(=O)(=O)NCC3(C)CCCNC3)ccc21. The van der Waals surface area contributed by atoms with Crippen molar-refractivity contribution >= 4 is 33.5 Å². The molecule has 1 saturated heterocycles. The van der Waals surface area contributed by atoms with Gasteiger partial charge in [0.1, 0.15) is 0 Å². The lowest BCUT2D eigenvalue weighted by molar-refractivity contribution is 0.238. The van der Waals surface area contributed by atoms with Gasteiger partial charge < -0.3 is 9.73 Å². The number of halogens is 1. The number of benzene rings is 1. The Balaban J connectivity index is 0.00000208. The van der Waals surface area contributed by atoms with Gasteiger partial charge in [-0.15, -0.1) is 12.4 Å². The van der Waals surface area contributed by atoms with Gasteiger partial charge in [0.05, 0.1) is 10.4 Å².